The lowest BCUT2D eigenvalue weighted by Crippen LogP contribution is -2.31. The molecule has 0 atom stereocenters. The van der Waals surface area contributed by atoms with Crippen LogP contribution in [0.25, 0.3) is 16.2 Å². The van der Waals surface area contributed by atoms with Gasteiger partial charge in [0.05, 0.1) is 24.0 Å². The van der Waals surface area contributed by atoms with Gasteiger partial charge in [-0.25, -0.2) is 9.67 Å². The second-order valence-electron chi connectivity index (χ2n) is 9.68. The number of aryl methyl sites for hydroxylation is 2. The average Bonchev–Trinajstić information content (AvgIpc) is 3.30. The predicted molar refractivity (Wildman–Crippen MR) is 138 cm³/mol. The van der Waals surface area contributed by atoms with E-state index in [1.807, 2.05) is 44.5 Å². The lowest BCUT2D eigenvalue weighted by molar-refractivity contribution is -0.0379. The third kappa shape index (κ3) is 4.72. The second-order valence-corrected chi connectivity index (χ2v) is 11.7. The van der Waals surface area contributed by atoms with Gasteiger partial charge in [0.15, 0.2) is 0 Å². The number of hydrogen-bond acceptors (Lipinski definition) is 7. The van der Waals surface area contributed by atoms with Gasteiger partial charge in [0, 0.05) is 28.1 Å². The third-order valence-electron chi connectivity index (χ3n) is 5.76. The molecule has 4 aromatic rings. The molecule has 178 valence electrons. The monoisotopic (exact) mass is 494 g/mol. The lowest BCUT2D eigenvalue weighted by atomic mass is 9.95. The summed E-state index contributed by atoms with van der Waals surface area (Å²) in [6.07, 6.45) is 1.03. The van der Waals surface area contributed by atoms with Crippen molar-refractivity contribution in [3.8, 4) is 11.7 Å². The highest BCUT2D eigenvalue weighted by Crippen LogP contribution is 2.42. The van der Waals surface area contributed by atoms with E-state index in [1.165, 1.54) is 21.4 Å². The fraction of sp³-hybridized carbons (Fsp3) is 0.423. The molecule has 8 heteroatoms. The van der Waals surface area contributed by atoms with Gasteiger partial charge in [0.1, 0.15) is 15.6 Å². The lowest BCUT2D eigenvalue weighted by Gasteiger charge is -2.30. The summed E-state index contributed by atoms with van der Waals surface area (Å²) in [4.78, 5) is 12.3. The first kappa shape index (κ1) is 23.3. The smallest absolute Gasteiger partial charge is 0.253 e. The van der Waals surface area contributed by atoms with Crippen LogP contribution < -0.4 is 4.74 Å². The van der Waals surface area contributed by atoms with Crippen LogP contribution in [0.3, 0.4) is 0 Å². The molecule has 3 aromatic heterocycles. The molecular formula is C26H30N4O2S2. The van der Waals surface area contributed by atoms with Crippen LogP contribution in [0.1, 0.15) is 55.1 Å². The SMILES string of the molecule is Cc1cc(C)n(-c2nc(SCc3ccc(OC(C)C)cc3)c3c4c(sc3n2)COC(C)(C)C4)n1. The molecule has 0 N–H and O–H groups in total. The fourth-order valence-electron chi connectivity index (χ4n) is 4.22. The van der Waals surface area contributed by atoms with E-state index in [4.69, 9.17) is 19.4 Å². The number of benzene rings is 1. The molecule has 0 saturated heterocycles. The Bertz CT molecular complexity index is 1340. The number of hydrogen-bond donors (Lipinski definition) is 0. The Kier molecular flexibility index (Phi) is 6.16. The second kappa shape index (κ2) is 8.98. The largest absolute Gasteiger partial charge is 0.491 e. The molecule has 6 nitrogen and oxygen atoms in total. The number of nitrogens with zero attached hydrogens (tertiary/aromatic N) is 4. The van der Waals surface area contributed by atoms with Crippen LogP contribution in [0.2, 0.25) is 0 Å². The van der Waals surface area contributed by atoms with Crippen LogP contribution in [0.15, 0.2) is 35.4 Å². The molecule has 0 fully saturated rings. The van der Waals surface area contributed by atoms with Crippen LogP contribution in [-0.2, 0) is 23.5 Å². The Labute approximate surface area is 208 Å². The van der Waals surface area contributed by atoms with Crippen LogP contribution in [-0.4, -0.2) is 31.5 Å². The highest BCUT2D eigenvalue weighted by Gasteiger charge is 2.31. The predicted octanol–water partition coefficient (Wildman–Crippen LogP) is 6.42. The minimum Gasteiger partial charge on any atom is -0.491 e. The van der Waals surface area contributed by atoms with Crippen LogP contribution in [0.4, 0.5) is 0 Å². The standard InChI is InChI=1S/C26H30N4O2S2/c1-15(2)32-19-9-7-18(8-10-19)14-33-23-22-20-12-26(5,6)31-13-21(20)34-24(22)28-25(27-23)30-17(4)11-16(3)29-30/h7-11,15H,12-14H2,1-6H3. The number of ether oxygens (including phenoxy) is 2. The van der Waals surface area contributed by atoms with Crippen molar-refractivity contribution in [2.75, 3.05) is 0 Å². The average molecular weight is 495 g/mol. The molecule has 0 radical (unpaired) electrons. The van der Waals surface area contributed by atoms with E-state index < -0.39 is 0 Å². The molecule has 0 unspecified atom stereocenters. The summed E-state index contributed by atoms with van der Waals surface area (Å²) in [5, 5.41) is 6.81. The minimum absolute atomic E-state index is 0.167. The van der Waals surface area contributed by atoms with Gasteiger partial charge in [-0.15, -0.1) is 23.1 Å². The first-order valence-corrected chi connectivity index (χ1v) is 13.4. The molecule has 34 heavy (non-hydrogen) atoms. The van der Waals surface area contributed by atoms with E-state index >= 15 is 0 Å². The molecule has 0 aliphatic carbocycles. The number of aromatic nitrogens is 4. The van der Waals surface area contributed by atoms with Crippen molar-refractivity contribution in [2.24, 2.45) is 0 Å². The molecule has 0 saturated carbocycles. The van der Waals surface area contributed by atoms with Gasteiger partial charge >= 0.3 is 0 Å². The van der Waals surface area contributed by atoms with Crippen molar-refractivity contribution >= 4 is 33.3 Å². The molecular weight excluding hydrogens is 464 g/mol. The van der Waals surface area contributed by atoms with Crippen LogP contribution in [0, 0.1) is 13.8 Å². The summed E-state index contributed by atoms with van der Waals surface area (Å²) >= 11 is 3.47. The van der Waals surface area contributed by atoms with E-state index in [1.54, 1.807) is 23.1 Å². The van der Waals surface area contributed by atoms with Gasteiger partial charge in [-0.05, 0) is 70.9 Å². The Morgan fingerprint density at radius 1 is 1.18 bits per heavy atom. The maximum atomic E-state index is 6.09. The highest BCUT2D eigenvalue weighted by molar-refractivity contribution is 7.98. The van der Waals surface area contributed by atoms with Gasteiger partial charge in [-0.2, -0.15) is 10.1 Å². The third-order valence-corrected chi connectivity index (χ3v) is 7.90. The maximum Gasteiger partial charge on any atom is 0.253 e. The van der Waals surface area contributed by atoms with Crippen molar-refractivity contribution in [3.05, 3.63) is 57.7 Å². The first-order chi connectivity index (χ1) is 16.2. The number of thiophene rings is 1. The fourth-order valence-corrected chi connectivity index (χ4v) is 6.39. The van der Waals surface area contributed by atoms with Gasteiger partial charge in [-0.1, -0.05) is 12.1 Å². The number of fused-ring (bicyclic) bond motifs is 3. The molecule has 5 rings (SSSR count). The summed E-state index contributed by atoms with van der Waals surface area (Å²) in [5.41, 5.74) is 4.36. The summed E-state index contributed by atoms with van der Waals surface area (Å²) in [7, 11) is 0. The maximum absolute atomic E-state index is 6.09. The van der Waals surface area contributed by atoms with Crippen molar-refractivity contribution in [2.45, 2.75) is 77.1 Å². The quantitative estimate of drug-likeness (QED) is 0.228. The van der Waals surface area contributed by atoms with Crippen LogP contribution >= 0.6 is 23.1 Å². The Balaban J connectivity index is 1.54. The normalized spacial score (nSPS) is 15.1. The molecule has 1 aliphatic rings. The number of thioether (sulfide) groups is 1. The molecule has 1 aromatic carbocycles. The zero-order valence-electron chi connectivity index (χ0n) is 20.5. The summed E-state index contributed by atoms with van der Waals surface area (Å²) in [6, 6.07) is 10.4. The first-order valence-electron chi connectivity index (χ1n) is 11.6. The van der Waals surface area contributed by atoms with Crippen LogP contribution in [0.5, 0.6) is 5.75 Å². The summed E-state index contributed by atoms with van der Waals surface area (Å²) < 4.78 is 13.7. The minimum atomic E-state index is -0.191. The van der Waals surface area contributed by atoms with Gasteiger partial charge in [0.25, 0.3) is 5.95 Å². The van der Waals surface area contributed by atoms with Crippen molar-refractivity contribution in [1.82, 2.24) is 19.7 Å². The summed E-state index contributed by atoms with van der Waals surface area (Å²) in [6.45, 7) is 13.0. The molecule has 0 bridgehead atoms. The van der Waals surface area contributed by atoms with E-state index in [0.29, 0.717) is 12.6 Å². The zero-order chi connectivity index (χ0) is 24.0. The van der Waals surface area contributed by atoms with Crippen molar-refractivity contribution < 1.29 is 9.47 Å². The molecule has 1 aliphatic heterocycles. The summed E-state index contributed by atoms with van der Waals surface area (Å²) in [5.74, 6) is 2.34. The van der Waals surface area contributed by atoms with E-state index in [0.717, 1.165) is 39.2 Å². The zero-order valence-corrected chi connectivity index (χ0v) is 22.1. The highest BCUT2D eigenvalue weighted by atomic mass is 32.2. The van der Waals surface area contributed by atoms with Crippen molar-refractivity contribution in [1.29, 1.82) is 0 Å². The molecule has 4 heterocycles. The van der Waals surface area contributed by atoms with Gasteiger partial charge in [-0.3, -0.25) is 0 Å². The Hall–Kier alpha value is -2.42. The Morgan fingerprint density at radius 2 is 1.94 bits per heavy atom. The topological polar surface area (TPSA) is 62.1 Å². The Morgan fingerprint density at radius 3 is 2.62 bits per heavy atom. The number of rotatable bonds is 6. The van der Waals surface area contributed by atoms with E-state index in [9.17, 15) is 0 Å². The van der Waals surface area contributed by atoms with Gasteiger partial charge in [0.2, 0.25) is 0 Å². The molecule has 0 amide bonds. The van der Waals surface area contributed by atoms with Crippen molar-refractivity contribution in [3.63, 3.8) is 0 Å². The molecule has 0 spiro atoms. The van der Waals surface area contributed by atoms with E-state index in [-0.39, 0.29) is 11.7 Å². The van der Waals surface area contributed by atoms with E-state index in [2.05, 4.69) is 37.1 Å². The van der Waals surface area contributed by atoms with Gasteiger partial charge < -0.3 is 9.47 Å².